The van der Waals surface area contributed by atoms with Crippen molar-refractivity contribution >= 4 is 41.5 Å². The van der Waals surface area contributed by atoms with E-state index in [0.717, 1.165) is 53.8 Å². The first-order valence-electron chi connectivity index (χ1n) is 10.6. The Morgan fingerprint density at radius 1 is 1.10 bits per heavy atom. The van der Waals surface area contributed by atoms with Crippen LogP contribution in [0, 0.1) is 12.8 Å². The molecule has 0 radical (unpaired) electrons. The number of nitrogens with zero attached hydrogens (tertiary/aromatic N) is 1. The third-order valence-electron chi connectivity index (χ3n) is 5.49. The molecule has 0 saturated heterocycles. The molecule has 31 heavy (non-hydrogen) atoms. The summed E-state index contributed by atoms with van der Waals surface area (Å²) in [4.78, 5) is 16.7. The van der Waals surface area contributed by atoms with Crippen LogP contribution in [0.5, 0.6) is 5.75 Å². The van der Waals surface area contributed by atoms with Crippen LogP contribution in [0.25, 0.3) is 0 Å². The highest BCUT2D eigenvalue weighted by Gasteiger charge is 2.22. The Labute approximate surface area is 202 Å². The van der Waals surface area contributed by atoms with Crippen LogP contribution in [-0.2, 0) is 17.9 Å². The lowest BCUT2D eigenvalue weighted by Crippen LogP contribution is -2.36. The fourth-order valence-corrected chi connectivity index (χ4v) is 3.77. The summed E-state index contributed by atoms with van der Waals surface area (Å²) in [5, 5.41) is 9.71. The minimum atomic E-state index is 0. The molecule has 0 spiro atoms. The first-order valence-corrected chi connectivity index (χ1v) is 10.6. The highest BCUT2D eigenvalue weighted by atomic mass is 127. The quantitative estimate of drug-likeness (QED) is 0.275. The van der Waals surface area contributed by atoms with Gasteiger partial charge >= 0.3 is 0 Å². The van der Waals surface area contributed by atoms with E-state index in [-0.39, 0.29) is 35.8 Å². The maximum atomic E-state index is 12.4. The normalized spacial score (nSPS) is 14.0. The van der Waals surface area contributed by atoms with Crippen molar-refractivity contribution in [3.63, 3.8) is 0 Å². The van der Waals surface area contributed by atoms with Crippen molar-refractivity contribution in [2.75, 3.05) is 19.5 Å². The van der Waals surface area contributed by atoms with Gasteiger partial charge in [-0.2, -0.15) is 0 Å². The molecular weight excluding hydrogens is 503 g/mol. The number of guanidine groups is 1. The number of hydrogen-bond acceptors (Lipinski definition) is 3. The molecule has 1 amide bonds. The van der Waals surface area contributed by atoms with Crippen molar-refractivity contribution in [1.29, 1.82) is 0 Å². The van der Waals surface area contributed by atoms with Gasteiger partial charge in [-0.25, -0.2) is 0 Å². The topological polar surface area (TPSA) is 74.8 Å². The summed E-state index contributed by atoms with van der Waals surface area (Å²) in [7, 11) is 3.43. The molecule has 2 aromatic carbocycles. The van der Waals surface area contributed by atoms with Gasteiger partial charge in [0.25, 0.3) is 0 Å². The maximum Gasteiger partial charge on any atom is 0.227 e. The average Bonchev–Trinajstić information content (AvgIpc) is 3.30. The predicted molar refractivity (Wildman–Crippen MR) is 137 cm³/mol. The first-order chi connectivity index (χ1) is 14.6. The van der Waals surface area contributed by atoms with Crippen molar-refractivity contribution in [3.8, 4) is 5.75 Å². The van der Waals surface area contributed by atoms with Crippen LogP contribution in [0.1, 0.15) is 42.4 Å². The van der Waals surface area contributed by atoms with Crippen molar-refractivity contribution in [3.05, 3.63) is 59.2 Å². The molecule has 6 nitrogen and oxygen atoms in total. The number of halogens is 1. The summed E-state index contributed by atoms with van der Waals surface area (Å²) >= 11 is 0. The highest BCUT2D eigenvalue weighted by Crippen LogP contribution is 2.26. The van der Waals surface area contributed by atoms with Crippen LogP contribution in [0.15, 0.2) is 47.5 Å². The Bertz CT molecular complexity index is 895. The second-order valence-electron chi connectivity index (χ2n) is 7.77. The van der Waals surface area contributed by atoms with Crippen LogP contribution >= 0.6 is 24.0 Å². The molecule has 168 valence electrons. The van der Waals surface area contributed by atoms with Gasteiger partial charge in [0.2, 0.25) is 5.91 Å². The molecule has 3 N–H and O–H groups in total. The number of amides is 1. The molecule has 1 saturated carbocycles. The molecule has 0 heterocycles. The number of ether oxygens (including phenoxy) is 1. The van der Waals surface area contributed by atoms with Crippen molar-refractivity contribution in [2.45, 2.75) is 45.7 Å². The Morgan fingerprint density at radius 3 is 2.55 bits per heavy atom. The average molecular weight is 536 g/mol. The number of carbonyl (C=O) groups excluding carboxylic acids is 1. The number of anilines is 1. The summed E-state index contributed by atoms with van der Waals surface area (Å²) in [6.07, 6.45) is 4.31. The molecule has 0 aromatic heterocycles. The summed E-state index contributed by atoms with van der Waals surface area (Å²) in [5.74, 6) is 1.87. The lowest BCUT2D eigenvalue weighted by Gasteiger charge is -2.15. The number of carbonyl (C=O) groups is 1. The molecule has 1 fully saturated rings. The van der Waals surface area contributed by atoms with Gasteiger partial charge in [0.05, 0.1) is 7.11 Å². The fraction of sp³-hybridized carbons (Fsp3) is 0.417. The summed E-state index contributed by atoms with van der Waals surface area (Å²) in [6, 6.07) is 14.1. The molecule has 0 bridgehead atoms. The minimum Gasteiger partial charge on any atom is -0.496 e. The SMILES string of the molecule is CN=C(NCc1cccc(NC(=O)C2CCCC2)c1)NCc1ccc(C)cc1OC.I. The number of aliphatic imine (C=N–C) groups is 1. The van der Waals surface area contributed by atoms with E-state index >= 15 is 0 Å². The molecule has 0 unspecified atom stereocenters. The molecule has 1 aliphatic carbocycles. The Kier molecular flexibility index (Phi) is 10.1. The molecule has 3 rings (SSSR count). The summed E-state index contributed by atoms with van der Waals surface area (Å²) in [5.41, 5.74) is 4.16. The summed E-state index contributed by atoms with van der Waals surface area (Å²) in [6.45, 7) is 3.27. The van der Waals surface area contributed by atoms with Crippen LogP contribution in [-0.4, -0.2) is 26.0 Å². The van der Waals surface area contributed by atoms with E-state index in [2.05, 4.69) is 33.1 Å². The predicted octanol–water partition coefficient (Wildman–Crippen LogP) is 4.62. The number of nitrogens with one attached hydrogen (secondary N) is 3. The molecular formula is C24H33IN4O2. The smallest absolute Gasteiger partial charge is 0.227 e. The third-order valence-corrected chi connectivity index (χ3v) is 5.49. The van der Waals surface area contributed by atoms with Gasteiger partial charge in [0, 0.05) is 37.3 Å². The largest absolute Gasteiger partial charge is 0.496 e. The van der Waals surface area contributed by atoms with Crippen LogP contribution in [0.4, 0.5) is 5.69 Å². The van der Waals surface area contributed by atoms with E-state index in [1.54, 1.807) is 14.2 Å². The van der Waals surface area contributed by atoms with E-state index in [4.69, 9.17) is 4.74 Å². The maximum absolute atomic E-state index is 12.4. The second kappa shape index (κ2) is 12.5. The molecule has 0 aliphatic heterocycles. The number of rotatable bonds is 7. The third kappa shape index (κ3) is 7.41. The van der Waals surface area contributed by atoms with Crippen LogP contribution in [0.2, 0.25) is 0 Å². The Morgan fingerprint density at radius 2 is 1.84 bits per heavy atom. The second-order valence-corrected chi connectivity index (χ2v) is 7.77. The van der Waals surface area contributed by atoms with Crippen molar-refractivity contribution < 1.29 is 9.53 Å². The standard InChI is InChI=1S/C24H32N4O2.HI/c1-17-11-12-20(22(13-17)30-3)16-27-24(25-2)26-15-18-7-6-10-21(14-18)28-23(29)19-8-4-5-9-19;/h6-7,10-14,19H,4-5,8-9,15-16H2,1-3H3,(H,28,29)(H2,25,26,27);1H. The number of aryl methyl sites for hydroxylation is 1. The molecule has 1 aliphatic rings. The van der Waals surface area contributed by atoms with Crippen molar-refractivity contribution in [2.24, 2.45) is 10.9 Å². The zero-order valence-corrected chi connectivity index (χ0v) is 20.9. The zero-order valence-electron chi connectivity index (χ0n) is 18.5. The van der Waals surface area contributed by atoms with E-state index in [9.17, 15) is 4.79 Å². The van der Waals surface area contributed by atoms with E-state index in [1.807, 2.05) is 37.3 Å². The number of hydrogen-bond donors (Lipinski definition) is 3. The number of benzene rings is 2. The van der Waals surface area contributed by atoms with Crippen LogP contribution < -0.4 is 20.7 Å². The van der Waals surface area contributed by atoms with Gasteiger partial charge in [-0.1, -0.05) is 37.1 Å². The minimum absolute atomic E-state index is 0. The molecule has 0 atom stereocenters. The molecule has 7 heteroatoms. The van der Waals surface area contributed by atoms with E-state index in [0.29, 0.717) is 19.0 Å². The summed E-state index contributed by atoms with van der Waals surface area (Å²) < 4.78 is 5.47. The zero-order chi connectivity index (χ0) is 21.3. The number of methoxy groups -OCH3 is 1. The van der Waals surface area contributed by atoms with E-state index < -0.39 is 0 Å². The van der Waals surface area contributed by atoms with Gasteiger partial charge in [-0.15, -0.1) is 24.0 Å². The van der Waals surface area contributed by atoms with Gasteiger partial charge in [-0.05, 0) is 49.1 Å². The van der Waals surface area contributed by atoms with Gasteiger partial charge < -0.3 is 20.7 Å². The Balaban J connectivity index is 0.00000341. The van der Waals surface area contributed by atoms with Gasteiger partial charge in [-0.3, -0.25) is 9.79 Å². The van der Waals surface area contributed by atoms with Crippen molar-refractivity contribution in [1.82, 2.24) is 10.6 Å². The van der Waals surface area contributed by atoms with Gasteiger partial charge in [0.15, 0.2) is 5.96 Å². The highest BCUT2D eigenvalue weighted by molar-refractivity contribution is 14.0. The Hall–Kier alpha value is -2.29. The van der Waals surface area contributed by atoms with Crippen LogP contribution in [0.3, 0.4) is 0 Å². The molecule has 2 aromatic rings. The fourth-order valence-electron chi connectivity index (χ4n) is 3.77. The monoisotopic (exact) mass is 536 g/mol. The lowest BCUT2D eigenvalue weighted by molar-refractivity contribution is -0.119. The van der Waals surface area contributed by atoms with E-state index in [1.165, 1.54) is 0 Å². The first kappa shape index (κ1) is 25.0. The lowest BCUT2D eigenvalue weighted by atomic mass is 10.1. The van der Waals surface area contributed by atoms with Gasteiger partial charge in [0.1, 0.15) is 5.75 Å².